The number of aromatic nitrogens is 6. The number of nitrogens with two attached hydrogens (primary N) is 4. The van der Waals surface area contributed by atoms with Crippen LogP contribution >= 0.6 is 11.6 Å². The molecule has 0 unspecified atom stereocenters. The monoisotopic (exact) mass is 1130 g/mol. The number of piperidine rings is 2. The Balaban J connectivity index is 0.000000188. The Kier molecular flexibility index (Phi) is 19.9. The highest BCUT2D eigenvalue weighted by Crippen LogP contribution is 2.34. The number of carbonyl (C=O) groups is 6. The third-order valence-corrected chi connectivity index (χ3v) is 13.8. The first kappa shape index (κ1) is 59.1. The summed E-state index contributed by atoms with van der Waals surface area (Å²) in [5.74, 6) is 12.3. The van der Waals surface area contributed by atoms with Crippen LogP contribution in [0.1, 0.15) is 126 Å². The van der Waals surface area contributed by atoms with Gasteiger partial charge in [0.15, 0.2) is 17.2 Å². The molecule has 6 heterocycles. The Morgan fingerprint density at radius 2 is 1.06 bits per heavy atom. The third-order valence-electron chi connectivity index (χ3n) is 13.6. The quantitative estimate of drug-likeness (QED) is 0.0305. The molecule has 0 radical (unpaired) electrons. The summed E-state index contributed by atoms with van der Waals surface area (Å²) in [7, 11) is 0. The minimum absolute atomic E-state index is 0.0268. The molecule has 11 N–H and O–H groups in total. The maximum Gasteiger partial charge on any atom is 0.269 e. The maximum absolute atomic E-state index is 13.2. The van der Waals surface area contributed by atoms with Crippen LogP contribution < -0.4 is 39.1 Å². The smallest absolute Gasteiger partial charge is 0.269 e. The lowest BCUT2D eigenvalue weighted by Crippen LogP contribution is -2.39. The normalized spacial score (nSPS) is 14.9. The second-order valence-electron chi connectivity index (χ2n) is 19.6. The fraction of sp³-hybridized carbons (Fsp3) is 0.194. The number of imidazole rings is 2. The number of nitrogens with one attached hydrogen (secondary N) is 3. The zero-order chi connectivity index (χ0) is 59.0. The van der Waals surface area contributed by atoms with Gasteiger partial charge in [-0.25, -0.2) is 29.3 Å². The van der Waals surface area contributed by atoms with Crippen LogP contribution in [-0.4, -0.2) is 82.1 Å². The molecule has 0 saturated carbocycles. The molecule has 4 aromatic heterocycles. The van der Waals surface area contributed by atoms with Gasteiger partial charge in [-0.2, -0.15) is 0 Å². The number of hydrogen-bond donors (Lipinski definition) is 7. The number of carbonyl (C=O) groups excluding carboxylic acids is 6. The highest BCUT2D eigenvalue weighted by Gasteiger charge is 2.34. The summed E-state index contributed by atoms with van der Waals surface area (Å²) in [5, 5.41) is 8.48. The summed E-state index contributed by atoms with van der Waals surface area (Å²) in [4.78, 5) is 92.9. The Morgan fingerprint density at radius 3 is 1.52 bits per heavy atom. The van der Waals surface area contributed by atoms with Gasteiger partial charge < -0.3 is 44.0 Å². The minimum atomic E-state index is -0.744. The molecule has 2 saturated heterocycles. The number of anilines is 2. The van der Waals surface area contributed by atoms with E-state index < -0.39 is 23.1 Å². The van der Waals surface area contributed by atoms with Crippen molar-refractivity contribution in [1.29, 1.82) is 0 Å². The van der Waals surface area contributed by atoms with Crippen molar-refractivity contribution >= 4 is 70.2 Å². The lowest BCUT2D eigenvalue weighted by molar-refractivity contribution is -0.129. The summed E-state index contributed by atoms with van der Waals surface area (Å²) >= 11 is 5.10. The largest absolute Gasteiger partial charge is 0.364 e. The van der Waals surface area contributed by atoms with Gasteiger partial charge in [-0.15, -0.1) is 0 Å². The fourth-order valence-corrected chi connectivity index (χ4v) is 9.55. The number of pyridine rings is 2. The molecule has 83 heavy (non-hydrogen) atoms. The van der Waals surface area contributed by atoms with Crippen LogP contribution in [-0.2, 0) is 9.59 Å². The van der Waals surface area contributed by atoms with Crippen LogP contribution in [0.15, 0.2) is 158 Å². The van der Waals surface area contributed by atoms with Crippen molar-refractivity contribution in [3.63, 3.8) is 0 Å². The van der Waals surface area contributed by atoms with Gasteiger partial charge in [-0.1, -0.05) is 97.4 Å². The second kappa shape index (κ2) is 27.9. The molecular formula is C62H63ClN14O6. The number of nitrogen functional groups attached to an aromatic ring is 2. The zero-order valence-corrected chi connectivity index (χ0v) is 46.5. The van der Waals surface area contributed by atoms with E-state index in [-0.39, 0.29) is 35.2 Å². The van der Waals surface area contributed by atoms with Crippen molar-refractivity contribution in [1.82, 2.24) is 39.5 Å². The van der Waals surface area contributed by atoms with Crippen molar-refractivity contribution in [2.24, 2.45) is 11.5 Å². The molecule has 424 valence electrons. The van der Waals surface area contributed by atoms with Gasteiger partial charge in [-0.05, 0) is 147 Å². The van der Waals surface area contributed by atoms with Gasteiger partial charge in [0.25, 0.3) is 23.6 Å². The van der Waals surface area contributed by atoms with E-state index in [1.807, 2.05) is 86.6 Å². The first-order valence-electron chi connectivity index (χ1n) is 26.8. The Morgan fingerprint density at radius 1 is 0.590 bits per heavy atom. The van der Waals surface area contributed by atoms with E-state index in [1.54, 1.807) is 96.2 Å². The van der Waals surface area contributed by atoms with Crippen LogP contribution in [0.4, 0.5) is 11.6 Å². The highest BCUT2D eigenvalue weighted by atomic mass is 35.5. The lowest BCUT2D eigenvalue weighted by atomic mass is 10.0. The molecule has 10 rings (SSSR count). The second-order valence-corrected chi connectivity index (χ2v) is 20.0. The molecule has 2 aliphatic rings. The number of amides is 5. The van der Waals surface area contributed by atoms with E-state index in [2.05, 4.69) is 30.9 Å². The van der Waals surface area contributed by atoms with Crippen LogP contribution in [0.5, 0.6) is 0 Å². The molecule has 8 aromatic rings. The summed E-state index contributed by atoms with van der Waals surface area (Å²) < 4.78 is 2.48. The van der Waals surface area contributed by atoms with E-state index in [4.69, 9.17) is 39.7 Å². The molecule has 0 aliphatic carbocycles. The molecule has 2 aliphatic heterocycles. The number of hydrogen-bond acceptors (Lipinski definition) is 13. The summed E-state index contributed by atoms with van der Waals surface area (Å²) in [5.41, 5.74) is 18.1. The molecule has 2 atom stereocenters. The van der Waals surface area contributed by atoms with Crippen molar-refractivity contribution in [3.8, 4) is 22.5 Å². The maximum atomic E-state index is 13.2. The van der Waals surface area contributed by atoms with Gasteiger partial charge in [0.2, 0.25) is 11.1 Å². The van der Waals surface area contributed by atoms with Gasteiger partial charge >= 0.3 is 0 Å². The van der Waals surface area contributed by atoms with Crippen LogP contribution in [0.3, 0.4) is 0 Å². The number of allylic oxidation sites excluding steroid dienone is 1. The molecule has 4 aromatic carbocycles. The van der Waals surface area contributed by atoms with Gasteiger partial charge in [0.1, 0.15) is 28.8 Å². The summed E-state index contributed by atoms with van der Waals surface area (Å²) in [6, 6.07) is 39.3. The number of halogens is 1. The Bertz CT molecular complexity index is 3670. The van der Waals surface area contributed by atoms with Gasteiger partial charge in [0.05, 0.1) is 12.1 Å². The topological polar surface area (TPSA) is 307 Å². The standard InChI is InChI=1S/C31H31N7O3.C22H25N7O2.C9H7ClO/c1-20-16-17-34-25(19-20)35-31(41)23-13-11-22(12-14-23)27-28(29(32)40)38(33)30(36-27)24-9-5-6-18-37(24)26(39)15-10-21-7-3-2-4-8-21;1-13-9-11-26-17(12-13)27-22(31)15-7-5-14(6-8-15)18-19(20(23)30)29(24)21(28-18)16-4-2-3-10-25-16;10-9(11)7-6-8-4-2-1-3-5-8/h2-4,7-8,10-17,19,24H,5-6,9,18,33H2,1H3,(H2,32,40)(H,34,35,41);5-9,11-12,16,25H,2-4,10,24H2,1H3,(H2,23,30)(H,26,27,31);1-7H/b15-10+;;7-6+/t24-;16-;/m00./s1. The van der Waals surface area contributed by atoms with Crippen molar-refractivity contribution in [3.05, 3.63) is 214 Å². The molecule has 20 nitrogen and oxygen atoms in total. The number of benzene rings is 4. The molecule has 21 heteroatoms. The third kappa shape index (κ3) is 15.5. The average Bonchev–Trinajstić information content (AvgIpc) is 4.23. The lowest BCUT2D eigenvalue weighted by Gasteiger charge is -2.34. The van der Waals surface area contributed by atoms with Crippen LogP contribution in [0.25, 0.3) is 34.7 Å². The van der Waals surface area contributed by atoms with Gasteiger partial charge in [0, 0.05) is 47.3 Å². The average molecular weight is 1140 g/mol. The molecule has 0 bridgehead atoms. The van der Waals surface area contributed by atoms with Crippen LogP contribution in [0, 0.1) is 13.8 Å². The fourth-order valence-electron chi connectivity index (χ4n) is 9.49. The molecule has 2 fully saturated rings. The Hall–Kier alpha value is -10.1. The molecule has 0 spiro atoms. The van der Waals surface area contributed by atoms with Crippen molar-refractivity contribution < 1.29 is 28.8 Å². The minimum Gasteiger partial charge on any atom is -0.364 e. The van der Waals surface area contributed by atoms with E-state index in [1.165, 1.54) is 15.4 Å². The van der Waals surface area contributed by atoms with E-state index in [0.717, 1.165) is 60.9 Å². The predicted octanol–water partition coefficient (Wildman–Crippen LogP) is 8.68. The Labute approximate surface area is 484 Å². The number of likely N-dealkylation sites (tertiary alicyclic amines) is 1. The highest BCUT2D eigenvalue weighted by molar-refractivity contribution is 6.66. The predicted molar refractivity (Wildman–Crippen MR) is 321 cm³/mol. The first-order chi connectivity index (χ1) is 40.0. The van der Waals surface area contributed by atoms with E-state index in [0.29, 0.717) is 69.9 Å². The van der Waals surface area contributed by atoms with Crippen LogP contribution in [0.2, 0.25) is 0 Å². The van der Waals surface area contributed by atoms with E-state index in [9.17, 15) is 28.8 Å². The number of rotatable bonds is 14. The molecule has 5 amide bonds. The number of nitrogens with zero attached hydrogens (tertiary/aromatic N) is 7. The van der Waals surface area contributed by atoms with Gasteiger partial charge in [-0.3, -0.25) is 28.8 Å². The zero-order valence-electron chi connectivity index (χ0n) is 45.7. The number of primary amides is 2. The number of aryl methyl sites for hydroxylation is 2. The molecular weight excluding hydrogens is 1070 g/mol. The first-order valence-corrected chi connectivity index (χ1v) is 27.2. The SMILES string of the molecule is Cc1ccnc(NC(=O)c2ccc(-c3nc([C@@H]4CCCCN4)n(N)c3C(N)=O)cc2)c1.Cc1ccnc(NC(=O)c2ccc(-c3nc([C@@H]4CCCCN4C(=O)/C=C/c4ccccc4)n(N)c3C(N)=O)cc2)c1.O=C(Cl)/C=C/c1ccccc1. The van der Waals surface area contributed by atoms with Crippen molar-refractivity contribution in [2.75, 3.05) is 35.4 Å². The summed E-state index contributed by atoms with van der Waals surface area (Å²) in [6.07, 6.45) is 15.0. The van der Waals surface area contributed by atoms with Crippen molar-refractivity contribution in [2.45, 2.75) is 64.5 Å². The summed E-state index contributed by atoms with van der Waals surface area (Å²) in [6.45, 7) is 5.25. The van der Waals surface area contributed by atoms with E-state index >= 15 is 0 Å².